The van der Waals surface area contributed by atoms with Crippen molar-refractivity contribution >= 4 is 57.2 Å². The summed E-state index contributed by atoms with van der Waals surface area (Å²) in [6.07, 6.45) is 4.74. The first kappa shape index (κ1) is 46.7. The first-order valence-electron chi connectivity index (χ1n) is 26.0. The predicted octanol–water partition coefficient (Wildman–Crippen LogP) is 16.3. The maximum atomic E-state index is 2.71. The van der Waals surface area contributed by atoms with Gasteiger partial charge in [-0.05, 0) is 186 Å². The summed E-state index contributed by atoms with van der Waals surface area (Å²) in [5.74, 6) is 0. The van der Waals surface area contributed by atoms with Gasteiger partial charge in [0.2, 0.25) is 0 Å². The lowest BCUT2D eigenvalue weighted by molar-refractivity contribution is 0.332. The Bertz CT molecular complexity index is 3040. The molecule has 3 heteroatoms. The minimum Gasteiger partial charge on any atom is -0.311 e. The van der Waals surface area contributed by atoms with Crippen LogP contribution < -0.4 is 26.2 Å². The highest BCUT2D eigenvalue weighted by Crippen LogP contribution is 2.53. The number of anilines is 6. The summed E-state index contributed by atoms with van der Waals surface area (Å²) in [4.78, 5) is 5.38. The lowest BCUT2D eigenvalue weighted by atomic mass is 9.33. The van der Waals surface area contributed by atoms with Gasteiger partial charge in [-0.2, -0.15) is 0 Å². The van der Waals surface area contributed by atoms with Crippen molar-refractivity contribution in [2.75, 3.05) is 9.80 Å². The number of aryl methyl sites for hydroxylation is 1. The van der Waals surface area contributed by atoms with Crippen molar-refractivity contribution in [2.24, 2.45) is 0 Å². The average Bonchev–Trinajstić information content (AvgIpc) is 3.25. The van der Waals surface area contributed by atoms with Crippen molar-refractivity contribution in [3.63, 3.8) is 0 Å². The molecule has 0 fully saturated rings. The van der Waals surface area contributed by atoms with E-state index in [1.54, 1.807) is 0 Å². The van der Waals surface area contributed by atoms with Crippen LogP contribution in [0.4, 0.5) is 34.1 Å². The van der Waals surface area contributed by atoms with Crippen LogP contribution in [0, 0.1) is 6.92 Å². The minimum atomic E-state index is -0.0295. The second kappa shape index (κ2) is 15.0. The normalized spacial score (nSPS) is 18.6. The number of nitrogens with zero attached hydrogens (tertiary/aromatic N) is 2. The van der Waals surface area contributed by atoms with Crippen molar-refractivity contribution in [2.45, 2.75) is 188 Å². The maximum Gasteiger partial charge on any atom is 0.252 e. The Morgan fingerprint density at radius 1 is 0.412 bits per heavy atom. The molecule has 0 aromatic heterocycles. The standard InChI is InChI=1S/C65H79BN2/c1-40-32-56-58-57(33-40)68(53-26-22-43(60(5,6)7)35-46(53)41-20-19-21-42(34-41)59(2,3)4)54-27-23-44(61(8,9)10)36-51(54)66(58)52-38-49-50(65(17,18)31-30-64(49,15)16)39-55(52)67(56)45-24-25-47-48(37-45)63(13,14)29-28-62(47,11)12/h19-27,32-39H,28-31H2,1-18H3. The highest BCUT2D eigenvalue weighted by Gasteiger charge is 2.48. The highest BCUT2D eigenvalue weighted by atomic mass is 15.2. The Hall–Kier alpha value is -5.02. The van der Waals surface area contributed by atoms with E-state index in [-0.39, 0.29) is 44.6 Å². The van der Waals surface area contributed by atoms with Gasteiger partial charge in [0.15, 0.2) is 0 Å². The van der Waals surface area contributed by atoms with Crippen LogP contribution in [0.5, 0.6) is 0 Å². The van der Waals surface area contributed by atoms with Crippen LogP contribution in [0.1, 0.15) is 188 Å². The zero-order valence-electron chi connectivity index (χ0n) is 45.1. The van der Waals surface area contributed by atoms with Gasteiger partial charge in [-0.25, -0.2) is 0 Å². The summed E-state index contributed by atoms with van der Waals surface area (Å²) in [5, 5.41) is 0. The molecule has 0 saturated carbocycles. The molecule has 2 heterocycles. The van der Waals surface area contributed by atoms with E-state index < -0.39 is 0 Å². The fourth-order valence-corrected chi connectivity index (χ4v) is 12.5. The summed E-state index contributed by atoms with van der Waals surface area (Å²) in [5.41, 5.74) is 26.1. The molecule has 0 bridgehead atoms. The minimum absolute atomic E-state index is 0.0171. The number of hydrogen-bond acceptors (Lipinski definition) is 2. The monoisotopic (exact) mass is 899 g/mol. The van der Waals surface area contributed by atoms with Crippen LogP contribution in [0.15, 0.2) is 103 Å². The van der Waals surface area contributed by atoms with Gasteiger partial charge in [0.1, 0.15) is 0 Å². The molecular weight excluding hydrogens is 820 g/mol. The number of rotatable bonds is 3. The number of hydrogen-bond donors (Lipinski definition) is 0. The lowest BCUT2D eigenvalue weighted by Gasteiger charge is -2.48. The van der Waals surface area contributed by atoms with Crippen molar-refractivity contribution in [3.8, 4) is 11.1 Å². The third-order valence-electron chi connectivity index (χ3n) is 17.3. The van der Waals surface area contributed by atoms with E-state index in [1.807, 2.05) is 0 Å². The summed E-state index contributed by atoms with van der Waals surface area (Å²) in [6, 6.07) is 42.2. The zero-order valence-corrected chi connectivity index (χ0v) is 45.1. The topological polar surface area (TPSA) is 6.48 Å². The highest BCUT2D eigenvalue weighted by molar-refractivity contribution is 7.00. The molecule has 2 aliphatic carbocycles. The summed E-state index contributed by atoms with van der Waals surface area (Å²) in [6.45, 7) is 43.3. The van der Waals surface area contributed by atoms with Crippen LogP contribution in [-0.4, -0.2) is 6.71 Å². The number of benzene rings is 6. The van der Waals surface area contributed by atoms with E-state index in [2.05, 4.69) is 238 Å². The predicted molar refractivity (Wildman–Crippen MR) is 297 cm³/mol. The fraction of sp³-hybridized carbons (Fsp3) is 0.446. The Morgan fingerprint density at radius 3 is 1.49 bits per heavy atom. The molecule has 0 atom stereocenters. The SMILES string of the molecule is Cc1cc2c3c(c1)N(c1ccc(C(C)(C)C)cc1-c1cccc(C(C)(C)C)c1)c1ccc(C(C)(C)C)cc1B3c1cc3c(cc1N2c1ccc2c(c1)C(C)(C)CCC2(C)C)C(C)(C)CCC3(C)C. The van der Waals surface area contributed by atoms with Crippen LogP contribution in [0.2, 0.25) is 0 Å². The van der Waals surface area contributed by atoms with Gasteiger partial charge in [0.25, 0.3) is 6.71 Å². The van der Waals surface area contributed by atoms with Crippen molar-refractivity contribution < 1.29 is 0 Å². The second-order valence-electron chi connectivity index (χ2n) is 27.4. The Labute approximate surface area is 412 Å². The first-order valence-corrected chi connectivity index (χ1v) is 26.0. The Balaban J connectivity index is 1.34. The molecule has 2 aliphatic heterocycles. The van der Waals surface area contributed by atoms with Crippen LogP contribution >= 0.6 is 0 Å². The van der Waals surface area contributed by atoms with Crippen LogP contribution in [0.3, 0.4) is 0 Å². The van der Waals surface area contributed by atoms with Gasteiger partial charge < -0.3 is 9.80 Å². The van der Waals surface area contributed by atoms with Gasteiger partial charge in [0, 0.05) is 34.0 Å². The fourth-order valence-electron chi connectivity index (χ4n) is 12.5. The Morgan fingerprint density at radius 2 is 0.897 bits per heavy atom. The third kappa shape index (κ3) is 7.42. The first-order chi connectivity index (χ1) is 31.5. The molecule has 2 nitrogen and oxygen atoms in total. The van der Waals surface area contributed by atoms with Crippen LogP contribution in [0.25, 0.3) is 11.1 Å². The van der Waals surface area contributed by atoms with Gasteiger partial charge in [-0.3, -0.25) is 0 Å². The molecule has 68 heavy (non-hydrogen) atoms. The molecule has 6 aromatic carbocycles. The molecule has 0 saturated heterocycles. The molecular formula is C65H79BN2. The average molecular weight is 899 g/mol. The molecule has 0 N–H and O–H groups in total. The molecule has 0 unspecified atom stereocenters. The van der Waals surface area contributed by atoms with Crippen molar-refractivity contribution in [1.82, 2.24) is 0 Å². The molecule has 6 aromatic rings. The number of fused-ring (bicyclic) bond motifs is 6. The van der Waals surface area contributed by atoms with E-state index in [4.69, 9.17) is 0 Å². The quantitative estimate of drug-likeness (QED) is 0.163. The van der Waals surface area contributed by atoms with Gasteiger partial charge in [-0.15, -0.1) is 0 Å². The van der Waals surface area contributed by atoms with E-state index in [1.165, 1.54) is 132 Å². The third-order valence-corrected chi connectivity index (χ3v) is 17.3. The van der Waals surface area contributed by atoms with E-state index in [0.717, 1.165) is 0 Å². The molecule has 0 amide bonds. The van der Waals surface area contributed by atoms with Gasteiger partial charge >= 0.3 is 0 Å². The van der Waals surface area contributed by atoms with Crippen LogP contribution in [-0.2, 0) is 37.9 Å². The van der Waals surface area contributed by atoms with Gasteiger partial charge in [0.05, 0.1) is 5.69 Å². The molecule has 0 radical (unpaired) electrons. The maximum absolute atomic E-state index is 2.71. The largest absolute Gasteiger partial charge is 0.311 e. The summed E-state index contributed by atoms with van der Waals surface area (Å²) in [7, 11) is 0. The smallest absolute Gasteiger partial charge is 0.252 e. The van der Waals surface area contributed by atoms with Gasteiger partial charge in [-0.1, -0.05) is 172 Å². The molecule has 10 rings (SSSR count). The lowest BCUT2D eigenvalue weighted by Crippen LogP contribution is -2.62. The summed E-state index contributed by atoms with van der Waals surface area (Å²) < 4.78 is 0. The Kier molecular flexibility index (Phi) is 10.3. The molecule has 0 spiro atoms. The van der Waals surface area contributed by atoms with E-state index >= 15 is 0 Å². The second-order valence-corrected chi connectivity index (χ2v) is 27.4. The van der Waals surface area contributed by atoms with E-state index in [0.29, 0.717) is 0 Å². The molecule has 352 valence electrons. The zero-order chi connectivity index (χ0) is 49.1. The summed E-state index contributed by atoms with van der Waals surface area (Å²) >= 11 is 0. The molecule has 4 aliphatic rings. The van der Waals surface area contributed by atoms with Crippen molar-refractivity contribution in [3.05, 3.63) is 148 Å². The van der Waals surface area contributed by atoms with Crippen molar-refractivity contribution in [1.29, 1.82) is 0 Å². The van der Waals surface area contributed by atoms with E-state index in [9.17, 15) is 0 Å².